The minimum atomic E-state index is -3.99. The van der Waals surface area contributed by atoms with Crippen molar-refractivity contribution in [2.45, 2.75) is 4.90 Å². The van der Waals surface area contributed by atoms with Crippen LogP contribution >= 0.6 is 44.9 Å². The molecule has 0 saturated heterocycles. The number of methoxy groups -OCH3 is 1. The summed E-state index contributed by atoms with van der Waals surface area (Å²) >= 11 is 7.56. The van der Waals surface area contributed by atoms with Crippen molar-refractivity contribution < 1.29 is 17.9 Å². The summed E-state index contributed by atoms with van der Waals surface area (Å²) in [7, 11) is 2.38. The molecular weight excluding hydrogens is 390 g/mol. The van der Waals surface area contributed by atoms with Crippen molar-refractivity contribution in [3.8, 4) is 0 Å². The minimum absolute atomic E-state index is 0.0351. The average molecular weight is 395 g/mol. The molecule has 88 valence electrons. The number of hydrogen-bond donors (Lipinski definition) is 0. The molecule has 0 atom stereocenters. The molecule has 0 aliphatic carbocycles. The van der Waals surface area contributed by atoms with Gasteiger partial charge < -0.3 is 4.74 Å². The maximum atomic E-state index is 11.3. The van der Waals surface area contributed by atoms with Gasteiger partial charge in [0, 0.05) is 14.3 Å². The van der Waals surface area contributed by atoms with Crippen LogP contribution in [0.25, 0.3) is 0 Å². The highest BCUT2D eigenvalue weighted by atomic mass is 127. The van der Waals surface area contributed by atoms with E-state index in [0.717, 1.165) is 6.07 Å². The van der Waals surface area contributed by atoms with Crippen LogP contribution in [0.3, 0.4) is 0 Å². The first-order valence-electron chi connectivity index (χ1n) is 3.79. The Balaban J connectivity index is 3.51. The third-order valence-corrected chi connectivity index (χ3v) is 4.37. The molecule has 0 saturated carbocycles. The topological polar surface area (TPSA) is 60.4 Å². The molecule has 0 unspecified atom stereocenters. The van der Waals surface area contributed by atoms with E-state index in [2.05, 4.69) is 4.74 Å². The predicted molar refractivity (Wildman–Crippen MR) is 68.5 cm³/mol. The lowest BCUT2D eigenvalue weighted by Gasteiger charge is -2.06. The van der Waals surface area contributed by atoms with Gasteiger partial charge in [-0.15, -0.1) is 0 Å². The fourth-order valence-electron chi connectivity index (χ4n) is 0.982. The smallest absolute Gasteiger partial charge is 0.338 e. The van der Waals surface area contributed by atoms with Gasteiger partial charge in [0.25, 0.3) is 9.05 Å². The fraction of sp³-hybridized carbons (Fsp3) is 0.125. The van der Waals surface area contributed by atoms with Gasteiger partial charge >= 0.3 is 5.97 Å². The fourth-order valence-corrected chi connectivity index (χ4v) is 3.37. The molecular formula is C8H5Cl2IO4S. The third kappa shape index (κ3) is 2.99. The molecule has 0 aliphatic heterocycles. The van der Waals surface area contributed by atoms with Gasteiger partial charge in [-0.2, -0.15) is 0 Å². The first-order valence-corrected chi connectivity index (χ1v) is 7.56. The summed E-state index contributed by atoms with van der Waals surface area (Å²) in [6.45, 7) is 0. The molecule has 16 heavy (non-hydrogen) atoms. The Morgan fingerprint density at radius 2 is 2.00 bits per heavy atom. The lowest BCUT2D eigenvalue weighted by atomic mass is 10.2. The van der Waals surface area contributed by atoms with Crippen LogP contribution in [0.4, 0.5) is 0 Å². The van der Waals surface area contributed by atoms with Gasteiger partial charge in [0.15, 0.2) is 0 Å². The van der Waals surface area contributed by atoms with Gasteiger partial charge in [0.05, 0.1) is 17.7 Å². The van der Waals surface area contributed by atoms with Crippen molar-refractivity contribution in [3.05, 3.63) is 26.3 Å². The second kappa shape index (κ2) is 5.07. The zero-order valence-electron chi connectivity index (χ0n) is 7.83. The largest absolute Gasteiger partial charge is 0.465 e. The van der Waals surface area contributed by atoms with Crippen LogP contribution in [0.1, 0.15) is 10.4 Å². The van der Waals surface area contributed by atoms with E-state index < -0.39 is 15.0 Å². The van der Waals surface area contributed by atoms with E-state index in [0.29, 0.717) is 3.57 Å². The van der Waals surface area contributed by atoms with Crippen molar-refractivity contribution in [2.24, 2.45) is 0 Å². The highest BCUT2D eigenvalue weighted by Gasteiger charge is 2.20. The molecule has 0 heterocycles. The monoisotopic (exact) mass is 394 g/mol. The van der Waals surface area contributed by atoms with Crippen molar-refractivity contribution in [2.75, 3.05) is 7.11 Å². The Labute approximate surface area is 115 Å². The Kier molecular flexibility index (Phi) is 4.44. The van der Waals surface area contributed by atoms with Crippen LogP contribution in [0, 0.1) is 3.57 Å². The van der Waals surface area contributed by atoms with E-state index in [9.17, 15) is 13.2 Å². The summed E-state index contributed by atoms with van der Waals surface area (Å²) in [6, 6.07) is 2.43. The summed E-state index contributed by atoms with van der Waals surface area (Å²) < 4.78 is 27.3. The molecule has 0 aliphatic rings. The number of hydrogen-bond acceptors (Lipinski definition) is 4. The zero-order valence-corrected chi connectivity index (χ0v) is 12.3. The molecule has 1 aromatic rings. The summed E-state index contributed by atoms with van der Waals surface area (Å²) in [4.78, 5) is 11.0. The molecule has 0 radical (unpaired) electrons. The van der Waals surface area contributed by atoms with E-state index in [1.807, 2.05) is 22.6 Å². The van der Waals surface area contributed by atoms with E-state index >= 15 is 0 Å². The average Bonchev–Trinajstić information content (AvgIpc) is 2.14. The lowest BCUT2D eigenvalue weighted by Crippen LogP contribution is -2.06. The van der Waals surface area contributed by atoms with Crippen molar-refractivity contribution in [1.82, 2.24) is 0 Å². The molecule has 0 aromatic heterocycles. The van der Waals surface area contributed by atoms with Crippen molar-refractivity contribution in [3.63, 3.8) is 0 Å². The predicted octanol–water partition coefficient (Wildman–Crippen LogP) is 2.66. The van der Waals surface area contributed by atoms with E-state index in [4.69, 9.17) is 22.3 Å². The molecule has 1 rings (SSSR count). The van der Waals surface area contributed by atoms with Crippen molar-refractivity contribution in [1.29, 1.82) is 0 Å². The second-order valence-electron chi connectivity index (χ2n) is 2.69. The normalized spacial score (nSPS) is 11.2. The number of rotatable bonds is 2. The molecule has 0 bridgehead atoms. The number of esters is 1. The molecule has 0 N–H and O–H groups in total. The lowest BCUT2D eigenvalue weighted by molar-refractivity contribution is 0.0599. The zero-order chi connectivity index (χ0) is 12.5. The SMILES string of the molecule is COC(=O)c1cc(S(=O)(=O)Cl)c(Cl)cc1I. The highest BCUT2D eigenvalue weighted by Crippen LogP contribution is 2.29. The van der Waals surface area contributed by atoms with E-state index in [1.54, 1.807) is 0 Å². The summed E-state index contributed by atoms with van der Waals surface area (Å²) in [5.41, 5.74) is 0.103. The van der Waals surface area contributed by atoms with Gasteiger partial charge in [0.1, 0.15) is 4.90 Å². The van der Waals surface area contributed by atoms with Crippen molar-refractivity contribution >= 4 is 59.9 Å². The van der Waals surface area contributed by atoms with E-state index in [1.165, 1.54) is 13.2 Å². The molecule has 4 nitrogen and oxygen atoms in total. The molecule has 0 fully saturated rings. The van der Waals surface area contributed by atoms with Gasteiger partial charge in [-0.1, -0.05) is 11.6 Å². The molecule has 0 amide bonds. The van der Waals surface area contributed by atoms with Gasteiger partial charge in [-0.25, -0.2) is 13.2 Å². The quantitative estimate of drug-likeness (QED) is 0.439. The molecule has 8 heteroatoms. The van der Waals surface area contributed by atoms with Crippen LogP contribution in [0.15, 0.2) is 17.0 Å². The first kappa shape index (κ1) is 14.0. The summed E-state index contributed by atoms with van der Waals surface area (Å²) in [5, 5.41) is -0.0351. The Morgan fingerprint density at radius 1 is 1.44 bits per heavy atom. The third-order valence-electron chi connectivity index (χ3n) is 1.69. The Bertz CT molecular complexity index is 541. The molecule has 1 aromatic carbocycles. The van der Waals surface area contributed by atoms with Crippen LogP contribution < -0.4 is 0 Å². The van der Waals surface area contributed by atoms with Gasteiger partial charge in [0.2, 0.25) is 0 Å². The van der Waals surface area contributed by atoms with E-state index in [-0.39, 0.29) is 15.5 Å². The van der Waals surface area contributed by atoms with Crippen LogP contribution in [0.5, 0.6) is 0 Å². The van der Waals surface area contributed by atoms with Crippen LogP contribution in [0.2, 0.25) is 5.02 Å². The summed E-state index contributed by atoms with van der Waals surface area (Å²) in [6.07, 6.45) is 0. The Morgan fingerprint density at radius 3 is 2.44 bits per heavy atom. The Hall–Kier alpha value is -0.0500. The number of carbonyl (C=O) groups is 1. The first-order chi connectivity index (χ1) is 7.27. The highest BCUT2D eigenvalue weighted by molar-refractivity contribution is 14.1. The minimum Gasteiger partial charge on any atom is -0.465 e. The van der Waals surface area contributed by atoms with Gasteiger partial charge in [-0.3, -0.25) is 0 Å². The molecule has 0 spiro atoms. The summed E-state index contributed by atoms with van der Waals surface area (Å²) in [5.74, 6) is -0.650. The standard InChI is InChI=1S/C8H5Cl2IO4S/c1-15-8(12)4-2-7(16(10,13)14)5(9)3-6(4)11/h2-3H,1H3. The maximum absolute atomic E-state index is 11.3. The second-order valence-corrected chi connectivity index (χ2v) is 6.80. The van der Waals surface area contributed by atoms with Crippen LogP contribution in [-0.2, 0) is 13.8 Å². The number of ether oxygens (including phenoxy) is 1. The number of benzene rings is 1. The van der Waals surface area contributed by atoms with Gasteiger partial charge in [-0.05, 0) is 34.7 Å². The maximum Gasteiger partial charge on any atom is 0.338 e. The number of halogens is 3. The van der Waals surface area contributed by atoms with Crippen LogP contribution in [-0.4, -0.2) is 21.5 Å². The number of carbonyl (C=O) groups excluding carboxylic acids is 1.